The molecule has 1 aliphatic rings. The third-order valence-corrected chi connectivity index (χ3v) is 6.73. The number of benzene rings is 2. The van der Waals surface area contributed by atoms with E-state index in [-0.39, 0.29) is 17.4 Å². The number of carbonyl (C=O) groups is 1. The second-order valence-corrected chi connectivity index (χ2v) is 9.17. The van der Waals surface area contributed by atoms with E-state index < -0.39 is 47.8 Å². The van der Waals surface area contributed by atoms with Gasteiger partial charge in [0.05, 0.1) is 29.5 Å². The predicted octanol–water partition coefficient (Wildman–Crippen LogP) is 2.08. The van der Waals surface area contributed by atoms with Crippen LogP contribution >= 0.6 is 0 Å². The van der Waals surface area contributed by atoms with Crippen molar-refractivity contribution in [1.29, 1.82) is 0 Å². The zero-order chi connectivity index (χ0) is 26.6. The second kappa shape index (κ2) is 9.18. The van der Waals surface area contributed by atoms with Crippen molar-refractivity contribution in [3.63, 3.8) is 0 Å². The molecule has 0 spiro atoms. The molecular formula is C26H24FN3O7. The molecule has 10 nitrogen and oxygen atoms in total. The second-order valence-electron chi connectivity index (χ2n) is 9.17. The predicted molar refractivity (Wildman–Crippen MR) is 132 cm³/mol. The Morgan fingerprint density at radius 3 is 2.54 bits per heavy atom. The summed E-state index contributed by atoms with van der Waals surface area (Å²) >= 11 is 0. The fraction of sp³-hybridized carbons (Fsp3) is 0.308. The minimum absolute atomic E-state index is 0.228. The highest BCUT2D eigenvalue weighted by atomic mass is 19.1. The molecule has 37 heavy (non-hydrogen) atoms. The van der Waals surface area contributed by atoms with Gasteiger partial charge in [-0.1, -0.05) is 18.2 Å². The Labute approximate surface area is 208 Å². The number of hydrogen-bond acceptors (Lipinski definition) is 8. The highest BCUT2D eigenvalue weighted by Gasteiger charge is 2.42. The van der Waals surface area contributed by atoms with Crippen LogP contribution in [-0.4, -0.2) is 44.0 Å². The van der Waals surface area contributed by atoms with Gasteiger partial charge in [-0.15, -0.1) is 0 Å². The summed E-state index contributed by atoms with van der Waals surface area (Å²) in [7, 11) is 0. The Kier molecular flexibility index (Phi) is 6.14. The van der Waals surface area contributed by atoms with Crippen LogP contribution in [-0.2, 0) is 16.0 Å². The number of aryl methyl sites for hydroxylation is 2. The van der Waals surface area contributed by atoms with E-state index in [1.165, 1.54) is 6.92 Å². The van der Waals surface area contributed by atoms with Crippen LogP contribution in [0.25, 0.3) is 21.9 Å². The standard InChI is InChI=1S/C26H24FN3O7/c1-11-7-8-16-20(33)15-6-4-5-14(23(15)37-22(16)12(11)2)9-18(31)28-24-17(27)10-30(26(35)29-24)25-21(34)19(32)13(3)36-25/h4-8,10,13,19,21,25,32,34H,9H2,1-3H3,(H,28,29,31,35). The van der Waals surface area contributed by atoms with Crippen LogP contribution in [0.1, 0.15) is 29.8 Å². The minimum Gasteiger partial charge on any atom is -0.455 e. The maximum atomic E-state index is 14.8. The first kappa shape index (κ1) is 24.8. The molecule has 3 heterocycles. The first-order chi connectivity index (χ1) is 17.6. The highest BCUT2D eigenvalue weighted by Crippen LogP contribution is 2.29. The number of amides is 1. The normalized spacial score (nSPS) is 21.6. The number of para-hydroxylation sites is 1. The fourth-order valence-electron chi connectivity index (χ4n) is 4.49. The van der Waals surface area contributed by atoms with E-state index in [1.807, 2.05) is 19.9 Å². The lowest BCUT2D eigenvalue weighted by Crippen LogP contribution is -2.36. The van der Waals surface area contributed by atoms with Crippen molar-refractivity contribution < 1.29 is 28.6 Å². The Morgan fingerprint density at radius 1 is 1.11 bits per heavy atom. The number of aromatic nitrogens is 2. The molecule has 0 bridgehead atoms. The van der Waals surface area contributed by atoms with Gasteiger partial charge in [0.25, 0.3) is 0 Å². The lowest BCUT2D eigenvalue weighted by atomic mass is 10.0. The van der Waals surface area contributed by atoms with Crippen LogP contribution in [0.5, 0.6) is 0 Å². The number of nitrogens with zero attached hydrogens (tertiary/aromatic N) is 2. The molecule has 4 aromatic rings. The summed E-state index contributed by atoms with van der Waals surface area (Å²) in [5, 5.41) is 23.0. The van der Waals surface area contributed by atoms with E-state index in [9.17, 15) is 29.0 Å². The summed E-state index contributed by atoms with van der Waals surface area (Å²) in [6.07, 6.45) is -4.36. The summed E-state index contributed by atoms with van der Waals surface area (Å²) < 4.78 is 26.9. The van der Waals surface area contributed by atoms with Crippen LogP contribution in [0.3, 0.4) is 0 Å². The number of carbonyl (C=O) groups excluding carboxylic acids is 1. The number of fused-ring (bicyclic) bond motifs is 2. The van der Waals surface area contributed by atoms with Gasteiger partial charge in [0.15, 0.2) is 17.9 Å². The SMILES string of the molecule is Cc1ccc2c(=O)c3cccc(CC(=O)Nc4nc(=O)n(C5OC(C)C(O)C5O)cc4F)c3oc2c1C. The van der Waals surface area contributed by atoms with Gasteiger partial charge < -0.3 is 24.7 Å². The van der Waals surface area contributed by atoms with Gasteiger partial charge in [0, 0.05) is 5.56 Å². The lowest BCUT2D eigenvalue weighted by Gasteiger charge is -2.17. The van der Waals surface area contributed by atoms with Gasteiger partial charge in [-0.2, -0.15) is 4.98 Å². The van der Waals surface area contributed by atoms with Crippen LogP contribution in [0, 0.1) is 19.7 Å². The van der Waals surface area contributed by atoms with Gasteiger partial charge in [0.2, 0.25) is 11.3 Å². The van der Waals surface area contributed by atoms with Gasteiger partial charge in [-0.3, -0.25) is 14.2 Å². The van der Waals surface area contributed by atoms with E-state index in [2.05, 4.69) is 10.3 Å². The van der Waals surface area contributed by atoms with E-state index in [0.717, 1.165) is 21.9 Å². The van der Waals surface area contributed by atoms with Gasteiger partial charge in [-0.25, -0.2) is 9.18 Å². The number of nitrogens with one attached hydrogen (secondary N) is 1. The molecule has 0 aliphatic carbocycles. The molecular weight excluding hydrogens is 485 g/mol. The van der Waals surface area contributed by atoms with Gasteiger partial charge in [0.1, 0.15) is 23.4 Å². The quantitative estimate of drug-likeness (QED) is 0.355. The molecule has 0 radical (unpaired) electrons. The first-order valence-corrected chi connectivity index (χ1v) is 11.6. The summed E-state index contributed by atoms with van der Waals surface area (Å²) in [5.41, 5.74) is 1.60. The summed E-state index contributed by atoms with van der Waals surface area (Å²) in [6.45, 7) is 5.24. The summed E-state index contributed by atoms with van der Waals surface area (Å²) in [4.78, 5) is 41.9. The lowest BCUT2D eigenvalue weighted by molar-refractivity contribution is -0.115. The molecule has 11 heteroatoms. The van der Waals surface area contributed by atoms with E-state index in [1.54, 1.807) is 24.3 Å². The van der Waals surface area contributed by atoms with E-state index in [0.29, 0.717) is 21.9 Å². The van der Waals surface area contributed by atoms with Crippen molar-refractivity contribution in [3.05, 3.63) is 79.7 Å². The minimum atomic E-state index is -1.46. The van der Waals surface area contributed by atoms with Crippen molar-refractivity contribution in [3.8, 4) is 0 Å². The smallest absolute Gasteiger partial charge is 0.351 e. The largest absolute Gasteiger partial charge is 0.455 e. The number of aliphatic hydroxyl groups excluding tert-OH is 2. The van der Waals surface area contributed by atoms with Crippen LogP contribution in [0.2, 0.25) is 0 Å². The topological polar surface area (TPSA) is 144 Å². The Bertz CT molecular complexity index is 1680. The Morgan fingerprint density at radius 2 is 1.84 bits per heavy atom. The molecule has 1 fully saturated rings. The van der Waals surface area contributed by atoms with Gasteiger partial charge in [-0.05, 0) is 44.0 Å². The average Bonchev–Trinajstić information content (AvgIpc) is 3.11. The molecule has 5 rings (SSSR count). The van der Waals surface area contributed by atoms with Crippen molar-refractivity contribution in [2.75, 3.05) is 5.32 Å². The number of aliphatic hydroxyl groups is 2. The summed E-state index contributed by atoms with van der Waals surface area (Å²) in [5.74, 6) is -2.34. The maximum absolute atomic E-state index is 14.8. The zero-order valence-electron chi connectivity index (χ0n) is 20.2. The fourth-order valence-corrected chi connectivity index (χ4v) is 4.49. The molecule has 4 unspecified atom stereocenters. The summed E-state index contributed by atoms with van der Waals surface area (Å²) in [6, 6.07) is 8.40. The molecule has 1 aliphatic heterocycles. The number of ether oxygens (including phenoxy) is 1. The number of halogens is 1. The molecule has 1 saturated heterocycles. The highest BCUT2D eigenvalue weighted by molar-refractivity contribution is 5.97. The number of hydrogen-bond donors (Lipinski definition) is 3. The first-order valence-electron chi connectivity index (χ1n) is 11.6. The van der Waals surface area contributed by atoms with Crippen molar-refractivity contribution in [2.45, 2.75) is 51.7 Å². The van der Waals surface area contributed by atoms with Gasteiger partial charge >= 0.3 is 5.69 Å². The number of anilines is 1. The van der Waals surface area contributed by atoms with Crippen molar-refractivity contribution in [1.82, 2.24) is 9.55 Å². The van der Waals surface area contributed by atoms with Crippen LogP contribution in [0.15, 0.2) is 50.5 Å². The van der Waals surface area contributed by atoms with Crippen molar-refractivity contribution in [2.24, 2.45) is 0 Å². The number of rotatable bonds is 4. The van der Waals surface area contributed by atoms with Crippen LogP contribution < -0.4 is 16.4 Å². The third-order valence-electron chi connectivity index (χ3n) is 6.73. The molecule has 192 valence electrons. The molecule has 2 aromatic carbocycles. The van der Waals surface area contributed by atoms with Crippen molar-refractivity contribution >= 4 is 33.7 Å². The van der Waals surface area contributed by atoms with Crippen LogP contribution in [0.4, 0.5) is 10.2 Å². The Balaban J connectivity index is 1.44. The molecule has 0 saturated carbocycles. The molecule has 1 amide bonds. The zero-order valence-corrected chi connectivity index (χ0v) is 20.2. The monoisotopic (exact) mass is 509 g/mol. The molecule has 2 aromatic heterocycles. The molecule has 3 N–H and O–H groups in total. The molecule has 4 atom stereocenters. The maximum Gasteiger partial charge on any atom is 0.351 e. The van der Waals surface area contributed by atoms with E-state index >= 15 is 0 Å². The third kappa shape index (κ3) is 4.20. The Hall–Kier alpha value is -3.93. The van der Waals surface area contributed by atoms with E-state index in [4.69, 9.17) is 9.15 Å². The average molecular weight is 509 g/mol.